The maximum absolute atomic E-state index is 5.75. The fraction of sp³-hybridized carbons (Fsp3) is 1.00. The number of hydrogen-bond donors (Lipinski definition) is 0. The SMILES string of the molecule is CN(CC1[C@@H](C(C)(C)C)N(C(C)(C)C)C2C[C@]12C)C[C@H]1C2N(C(C)(C)C)[C@H](C(C)(C)C)C(CN3CCOCC3)[C@]21C. The molecule has 0 bridgehead atoms. The van der Waals surface area contributed by atoms with Crippen molar-refractivity contribution < 1.29 is 4.74 Å². The van der Waals surface area contributed by atoms with E-state index < -0.39 is 0 Å². The molecule has 5 rings (SSSR count). The fourth-order valence-electron chi connectivity index (χ4n) is 10.7. The zero-order chi connectivity index (χ0) is 30.7. The Labute approximate surface area is 255 Å². The molecule has 0 amide bonds. The molecule has 5 fully saturated rings. The third-order valence-electron chi connectivity index (χ3n) is 12.5. The van der Waals surface area contributed by atoms with Crippen molar-refractivity contribution in [1.29, 1.82) is 0 Å². The van der Waals surface area contributed by atoms with Crippen LogP contribution in [0.15, 0.2) is 0 Å². The lowest BCUT2D eigenvalue weighted by Crippen LogP contribution is -2.57. The van der Waals surface area contributed by atoms with Crippen LogP contribution >= 0.6 is 0 Å². The van der Waals surface area contributed by atoms with Gasteiger partial charge in [-0.2, -0.15) is 0 Å². The van der Waals surface area contributed by atoms with Gasteiger partial charge in [0.2, 0.25) is 0 Å². The Morgan fingerprint density at radius 3 is 1.68 bits per heavy atom. The highest BCUT2D eigenvalue weighted by Gasteiger charge is 2.77. The van der Waals surface area contributed by atoms with E-state index in [-0.39, 0.29) is 21.9 Å². The molecule has 0 aromatic carbocycles. The maximum Gasteiger partial charge on any atom is 0.0594 e. The Morgan fingerprint density at radius 2 is 1.20 bits per heavy atom. The molecule has 2 aliphatic carbocycles. The molecule has 3 saturated heterocycles. The minimum absolute atomic E-state index is 0.168. The Balaban J connectivity index is 1.38. The molecule has 0 aromatic rings. The van der Waals surface area contributed by atoms with Gasteiger partial charge in [-0.1, -0.05) is 55.4 Å². The van der Waals surface area contributed by atoms with Crippen LogP contribution in [0, 0.1) is 39.4 Å². The van der Waals surface area contributed by atoms with Crippen LogP contribution in [0.25, 0.3) is 0 Å². The molecular formula is C36H68N4O. The number of ether oxygens (including phenoxy) is 1. The molecule has 5 nitrogen and oxygen atoms in total. The molecule has 3 heterocycles. The summed E-state index contributed by atoms with van der Waals surface area (Å²) in [7, 11) is 2.46. The first-order valence-corrected chi connectivity index (χ1v) is 17.1. The van der Waals surface area contributed by atoms with Crippen LogP contribution in [0.5, 0.6) is 0 Å². The van der Waals surface area contributed by atoms with Gasteiger partial charge in [-0.25, -0.2) is 0 Å². The number of piperidine rings is 2. The Morgan fingerprint density at radius 1 is 0.707 bits per heavy atom. The number of hydrogen-bond acceptors (Lipinski definition) is 5. The first-order chi connectivity index (χ1) is 18.5. The Bertz CT molecular complexity index is 962. The summed E-state index contributed by atoms with van der Waals surface area (Å²) in [4.78, 5) is 11.4. The smallest absolute Gasteiger partial charge is 0.0594 e. The van der Waals surface area contributed by atoms with Gasteiger partial charge >= 0.3 is 0 Å². The van der Waals surface area contributed by atoms with Crippen LogP contribution in [-0.4, -0.2) is 108 Å². The van der Waals surface area contributed by atoms with Gasteiger partial charge in [0, 0.05) is 68.0 Å². The number of likely N-dealkylation sites (tertiary alicyclic amines) is 2. The van der Waals surface area contributed by atoms with Gasteiger partial charge in [0.15, 0.2) is 0 Å². The normalized spacial score (nSPS) is 42.6. The summed E-state index contributed by atoms with van der Waals surface area (Å²) in [5, 5.41) is 0. The van der Waals surface area contributed by atoms with Gasteiger partial charge in [-0.05, 0) is 94.4 Å². The quantitative estimate of drug-likeness (QED) is 0.370. The largest absolute Gasteiger partial charge is 0.379 e. The van der Waals surface area contributed by atoms with Crippen LogP contribution in [0.1, 0.15) is 103 Å². The van der Waals surface area contributed by atoms with Gasteiger partial charge in [0.1, 0.15) is 0 Å². The van der Waals surface area contributed by atoms with E-state index in [2.05, 4.69) is 124 Å². The topological polar surface area (TPSA) is 22.2 Å². The van der Waals surface area contributed by atoms with Gasteiger partial charge in [-0.15, -0.1) is 0 Å². The third-order valence-corrected chi connectivity index (χ3v) is 12.5. The van der Waals surface area contributed by atoms with E-state index >= 15 is 0 Å². The van der Waals surface area contributed by atoms with Crippen LogP contribution in [0.3, 0.4) is 0 Å². The molecule has 4 unspecified atom stereocenters. The second-order valence-electron chi connectivity index (χ2n) is 19.8. The van der Waals surface area contributed by atoms with Crippen LogP contribution in [0.4, 0.5) is 0 Å². The standard InChI is InChI=1S/C36H68N4O/c1-31(2,3)28-24(35(13)20-27(35)39(28)33(7,8)9)21-37(15)22-25-30-36(25,14)26(23-38-16-18-41-19-17-38)29(32(4,5)6)40(30)34(10,11)12/h24-30H,16-23H2,1-15H3/t24?,25-,26?,27?,28-,29-,30?,35+,36+/m0/s1. The number of fused-ring (bicyclic) bond motifs is 2. The fourth-order valence-corrected chi connectivity index (χ4v) is 10.7. The van der Waals surface area contributed by atoms with Crippen molar-refractivity contribution in [1.82, 2.24) is 19.6 Å². The first kappa shape index (κ1) is 32.2. The van der Waals surface area contributed by atoms with Crippen molar-refractivity contribution in [3.63, 3.8) is 0 Å². The van der Waals surface area contributed by atoms with Gasteiger partial charge in [0.05, 0.1) is 13.2 Å². The molecule has 5 aliphatic rings. The Kier molecular flexibility index (Phi) is 7.77. The summed E-state index contributed by atoms with van der Waals surface area (Å²) in [6, 6.07) is 2.67. The van der Waals surface area contributed by atoms with Crippen molar-refractivity contribution in [3.05, 3.63) is 0 Å². The molecule has 0 N–H and O–H groups in total. The highest BCUT2D eigenvalue weighted by molar-refractivity contribution is 5.29. The summed E-state index contributed by atoms with van der Waals surface area (Å²) < 4.78 is 5.75. The maximum atomic E-state index is 5.75. The third kappa shape index (κ3) is 5.38. The highest BCUT2D eigenvalue weighted by atomic mass is 16.5. The molecule has 5 heteroatoms. The van der Waals surface area contributed by atoms with E-state index in [1.165, 1.54) is 26.1 Å². The molecule has 0 aromatic heterocycles. The lowest BCUT2D eigenvalue weighted by Gasteiger charge is -2.50. The molecule has 0 radical (unpaired) electrons. The number of rotatable bonds is 6. The van der Waals surface area contributed by atoms with E-state index in [1.54, 1.807) is 0 Å². The zero-order valence-electron chi connectivity index (χ0n) is 29.9. The minimum atomic E-state index is 0.168. The molecule has 9 atom stereocenters. The van der Waals surface area contributed by atoms with Crippen LogP contribution < -0.4 is 0 Å². The zero-order valence-corrected chi connectivity index (χ0v) is 29.9. The van der Waals surface area contributed by atoms with E-state index in [0.29, 0.717) is 34.9 Å². The number of morpholine rings is 1. The predicted octanol–water partition coefficient (Wildman–Crippen LogP) is 6.32. The lowest BCUT2D eigenvalue weighted by atomic mass is 9.72. The average Bonchev–Trinajstić information content (AvgIpc) is 3.54. The molecule has 3 aliphatic heterocycles. The van der Waals surface area contributed by atoms with E-state index in [1.807, 2.05) is 0 Å². The molecule has 41 heavy (non-hydrogen) atoms. The van der Waals surface area contributed by atoms with Crippen LogP contribution in [-0.2, 0) is 4.74 Å². The molecule has 0 spiro atoms. The molecular weight excluding hydrogens is 504 g/mol. The minimum Gasteiger partial charge on any atom is -0.379 e. The lowest BCUT2D eigenvalue weighted by molar-refractivity contribution is -0.0253. The monoisotopic (exact) mass is 573 g/mol. The van der Waals surface area contributed by atoms with E-state index in [0.717, 1.165) is 44.2 Å². The van der Waals surface area contributed by atoms with Crippen LogP contribution in [0.2, 0.25) is 0 Å². The Hall–Kier alpha value is -0.200. The summed E-state index contributed by atoms with van der Waals surface area (Å²) >= 11 is 0. The second-order valence-corrected chi connectivity index (χ2v) is 19.8. The average molecular weight is 573 g/mol. The predicted molar refractivity (Wildman–Crippen MR) is 173 cm³/mol. The van der Waals surface area contributed by atoms with E-state index in [9.17, 15) is 0 Å². The summed E-state index contributed by atoms with van der Waals surface area (Å²) in [6.07, 6.45) is 1.38. The molecule has 2 saturated carbocycles. The van der Waals surface area contributed by atoms with E-state index in [4.69, 9.17) is 4.74 Å². The summed E-state index contributed by atoms with van der Waals surface area (Å²) in [5.41, 5.74) is 1.77. The van der Waals surface area contributed by atoms with Crippen molar-refractivity contribution >= 4 is 0 Å². The summed E-state index contributed by atoms with van der Waals surface area (Å²) in [6.45, 7) is 42.7. The number of nitrogens with zero attached hydrogens (tertiary/aromatic N) is 4. The second kappa shape index (κ2) is 9.90. The first-order valence-electron chi connectivity index (χ1n) is 17.1. The van der Waals surface area contributed by atoms with Gasteiger partial charge in [0.25, 0.3) is 0 Å². The summed E-state index contributed by atoms with van der Waals surface area (Å²) in [5.74, 6) is 2.17. The van der Waals surface area contributed by atoms with Gasteiger partial charge in [-0.3, -0.25) is 14.7 Å². The van der Waals surface area contributed by atoms with Crippen molar-refractivity contribution in [2.24, 2.45) is 39.4 Å². The molecule has 238 valence electrons. The van der Waals surface area contributed by atoms with Gasteiger partial charge < -0.3 is 9.64 Å². The van der Waals surface area contributed by atoms with Crippen molar-refractivity contribution in [2.75, 3.05) is 53.0 Å². The van der Waals surface area contributed by atoms with Crippen molar-refractivity contribution in [3.8, 4) is 0 Å². The van der Waals surface area contributed by atoms with Crippen molar-refractivity contribution in [2.45, 2.75) is 139 Å². The highest BCUT2D eigenvalue weighted by Crippen LogP contribution is 2.71.